The molecule has 1 aliphatic rings. The second-order valence-corrected chi connectivity index (χ2v) is 5.67. The molecule has 18 heavy (non-hydrogen) atoms. The first-order valence-corrected chi connectivity index (χ1v) is 7.02. The molecule has 2 N–H and O–H groups in total. The lowest BCUT2D eigenvalue weighted by atomic mass is 9.87. The van der Waals surface area contributed by atoms with E-state index in [-0.39, 0.29) is 12.0 Å². The summed E-state index contributed by atoms with van der Waals surface area (Å²) in [6.45, 7) is 0.619. The molecule has 2 unspecified atom stereocenters. The van der Waals surface area contributed by atoms with E-state index in [1.165, 1.54) is 0 Å². The first-order chi connectivity index (χ1) is 8.65. The van der Waals surface area contributed by atoms with Crippen LogP contribution in [0.5, 0.6) is 0 Å². The number of carbonyl (C=O) groups is 1. The molecule has 0 aromatic carbocycles. The summed E-state index contributed by atoms with van der Waals surface area (Å²) >= 11 is 3.28. The number of pyridine rings is 1. The summed E-state index contributed by atoms with van der Waals surface area (Å²) in [5, 5.41) is 12.4. The van der Waals surface area contributed by atoms with Gasteiger partial charge in [0.05, 0.1) is 6.10 Å². The van der Waals surface area contributed by atoms with Gasteiger partial charge >= 0.3 is 0 Å². The predicted molar refractivity (Wildman–Crippen MR) is 72.2 cm³/mol. The Labute approximate surface area is 115 Å². The average Bonchev–Trinajstić information content (AvgIpc) is 2.37. The van der Waals surface area contributed by atoms with Crippen molar-refractivity contribution in [1.29, 1.82) is 0 Å². The number of nitrogens with one attached hydrogen (secondary N) is 1. The molecule has 0 saturated heterocycles. The summed E-state index contributed by atoms with van der Waals surface area (Å²) in [4.78, 5) is 15.9. The van der Waals surface area contributed by atoms with Crippen LogP contribution in [0.15, 0.2) is 22.8 Å². The van der Waals surface area contributed by atoms with Gasteiger partial charge in [-0.3, -0.25) is 4.79 Å². The van der Waals surface area contributed by atoms with Gasteiger partial charge in [-0.15, -0.1) is 0 Å². The Morgan fingerprint density at radius 3 is 3.00 bits per heavy atom. The van der Waals surface area contributed by atoms with Crippen molar-refractivity contribution in [3.05, 3.63) is 28.5 Å². The number of aliphatic hydroxyl groups excluding tert-OH is 1. The molecule has 1 amide bonds. The molecule has 4 nitrogen and oxygen atoms in total. The fourth-order valence-electron chi connectivity index (χ4n) is 2.29. The molecule has 0 bridgehead atoms. The summed E-state index contributed by atoms with van der Waals surface area (Å²) in [5.74, 6) is 0.232. The molecule has 1 aliphatic carbocycles. The van der Waals surface area contributed by atoms with Crippen LogP contribution in [-0.2, 0) is 0 Å². The maximum Gasteiger partial charge on any atom is 0.269 e. The normalized spacial score (nSPS) is 23.7. The minimum atomic E-state index is -0.202. The van der Waals surface area contributed by atoms with Crippen LogP contribution < -0.4 is 5.32 Å². The van der Waals surface area contributed by atoms with E-state index in [2.05, 4.69) is 26.2 Å². The minimum Gasteiger partial charge on any atom is -0.393 e. The van der Waals surface area contributed by atoms with Crippen molar-refractivity contribution in [3.8, 4) is 0 Å². The number of hydrogen-bond donors (Lipinski definition) is 2. The molecule has 1 saturated carbocycles. The van der Waals surface area contributed by atoms with Gasteiger partial charge in [0.25, 0.3) is 5.91 Å². The van der Waals surface area contributed by atoms with Crippen LogP contribution in [0.2, 0.25) is 0 Å². The Hall–Kier alpha value is -0.940. The van der Waals surface area contributed by atoms with E-state index in [0.717, 1.165) is 30.2 Å². The van der Waals surface area contributed by atoms with Crippen LogP contribution in [0.1, 0.15) is 36.2 Å². The number of carbonyl (C=O) groups excluding carboxylic acids is 1. The minimum absolute atomic E-state index is 0.150. The third-order valence-corrected chi connectivity index (χ3v) is 3.74. The van der Waals surface area contributed by atoms with Crippen molar-refractivity contribution in [3.63, 3.8) is 0 Å². The summed E-state index contributed by atoms with van der Waals surface area (Å²) in [6.07, 6.45) is 5.20. The van der Waals surface area contributed by atoms with Crippen molar-refractivity contribution in [1.82, 2.24) is 10.3 Å². The number of hydrogen-bond acceptors (Lipinski definition) is 3. The van der Waals surface area contributed by atoms with E-state index in [1.807, 2.05) is 0 Å². The van der Waals surface area contributed by atoms with Crippen molar-refractivity contribution < 1.29 is 9.90 Å². The van der Waals surface area contributed by atoms with Gasteiger partial charge in [0.1, 0.15) is 5.69 Å². The van der Waals surface area contributed by atoms with Crippen LogP contribution in [0.4, 0.5) is 0 Å². The maximum absolute atomic E-state index is 11.8. The number of halogens is 1. The van der Waals surface area contributed by atoms with Crippen molar-refractivity contribution in [2.45, 2.75) is 31.8 Å². The number of amides is 1. The molecule has 0 radical (unpaired) electrons. The van der Waals surface area contributed by atoms with E-state index in [9.17, 15) is 9.90 Å². The molecule has 1 aromatic rings. The third kappa shape index (κ3) is 3.78. The van der Waals surface area contributed by atoms with E-state index < -0.39 is 0 Å². The number of aromatic nitrogens is 1. The Morgan fingerprint density at radius 1 is 1.50 bits per heavy atom. The SMILES string of the molecule is O=C(NCC1CCCC(O)C1)c1ccc(Br)cn1. The number of rotatable bonds is 3. The molecule has 1 heterocycles. The fraction of sp³-hybridized carbons (Fsp3) is 0.538. The highest BCUT2D eigenvalue weighted by atomic mass is 79.9. The standard InChI is InChI=1S/C13H17BrN2O2/c14-10-4-5-12(15-8-10)13(18)16-7-9-2-1-3-11(17)6-9/h4-5,8-9,11,17H,1-3,6-7H2,(H,16,18). The Morgan fingerprint density at radius 2 is 2.33 bits per heavy atom. The molecular formula is C13H17BrN2O2. The summed E-state index contributed by atoms with van der Waals surface area (Å²) in [6, 6.07) is 3.49. The van der Waals surface area contributed by atoms with Crippen LogP contribution in [0.25, 0.3) is 0 Å². The second-order valence-electron chi connectivity index (χ2n) is 4.76. The van der Waals surface area contributed by atoms with Gasteiger partial charge in [0, 0.05) is 17.2 Å². The van der Waals surface area contributed by atoms with Gasteiger partial charge in [-0.2, -0.15) is 0 Å². The second kappa shape index (κ2) is 6.29. The highest BCUT2D eigenvalue weighted by Gasteiger charge is 2.20. The monoisotopic (exact) mass is 312 g/mol. The lowest BCUT2D eigenvalue weighted by molar-refractivity contribution is 0.0870. The molecule has 1 aromatic heterocycles. The average molecular weight is 313 g/mol. The molecular weight excluding hydrogens is 296 g/mol. The number of nitrogens with zero attached hydrogens (tertiary/aromatic N) is 1. The van der Waals surface area contributed by atoms with Crippen molar-refractivity contribution >= 4 is 21.8 Å². The summed E-state index contributed by atoms with van der Waals surface area (Å²) < 4.78 is 0.856. The van der Waals surface area contributed by atoms with Gasteiger partial charge in [0.15, 0.2) is 0 Å². The molecule has 98 valence electrons. The summed E-state index contributed by atoms with van der Waals surface area (Å²) in [7, 11) is 0. The first kappa shape index (κ1) is 13.5. The van der Waals surface area contributed by atoms with Crippen LogP contribution in [0.3, 0.4) is 0 Å². The molecule has 1 fully saturated rings. The Bertz CT molecular complexity index is 408. The van der Waals surface area contributed by atoms with Gasteiger partial charge in [-0.25, -0.2) is 4.98 Å². The van der Waals surface area contributed by atoms with E-state index >= 15 is 0 Å². The zero-order valence-corrected chi connectivity index (χ0v) is 11.7. The summed E-state index contributed by atoms with van der Waals surface area (Å²) in [5.41, 5.74) is 0.426. The largest absolute Gasteiger partial charge is 0.393 e. The molecule has 0 spiro atoms. The highest BCUT2D eigenvalue weighted by Crippen LogP contribution is 2.23. The van der Waals surface area contributed by atoms with Crippen LogP contribution in [-0.4, -0.2) is 28.6 Å². The molecule has 0 aliphatic heterocycles. The Kier molecular flexibility index (Phi) is 4.72. The lowest BCUT2D eigenvalue weighted by Crippen LogP contribution is -2.33. The maximum atomic E-state index is 11.8. The number of aliphatic hydroxyl groups is 1. The van der Waals surface area contributed by atoms with Gasteiger partial charge in [-0.05, 0) is 53.2 Å². The zero-order valence-electron chi connectivity index (χ0n) is 10.1. The topological polar surface area (TPSA) is 62.2 Å². The van der Waals surface area contributed by atoms with Crippen molar-refractivity contribution in [2.24, 2.45) is 5.92 Å². The van der Waals surface area contributed by atoms with Crippen LogP contribution in [0, 0.1) is 5.92 Å². The van der Waals surface area contributed by atoms with E-state index in [0.29, 0.717) is 18.2 Å². The highest BCUT2D eigenvalue weighted by molar-refractivity contribution is 9.10. The smallest absolute Gasteiger partial charge is 0.269 e. The zero-order chi connectivity index (χ0) is 13.0. The van der Waals surface area contributed by atoms with Gasteiger partial charge in [0.2, 0.25) is 0 Å². The molecule has 5 heteroatoms. The van der Waals surface area contributed by atoms with Crippen LogP contribution >= 0.6 is 15.9 Å². The van der Waals surface area contributed by atoms with E-state index in [4.69, 9.17) is 0 Å². The first-order valence-electron chi connectivity index (χ1n) is 6.23. The Balaban J connectivity index is 1.82. The fourth-order valence-corrected chi connectivity index (χ4v) is 2.52. The van der Waals surface area contributed by atoms with Crippen molar-refractivity contribution in [2.75, 3.05) is 6.54 Å². The molecule has 2 rings (SSSR count). The molecule has 2 atom stereocenters. The van der Waals surface area contributed by atoms with Gasteiger partial charge in [-0.1, -0.05) is 6.42 Å². The van der Waals surface area contributed by atoms with Gasteiger partial charge < -0.3 is 10.4 Å². The predicted octanol–water partition coefficient (Wildman–Crippen LogP) is 2.12. The van der Waals surface area contributed by atoms with E-state index in [1.54, 1.807) is 18.3 Å². The third-order valence-electron chi connectivity index (χ3n) is 3.27. The quantitative estimate of drug-likeness (QED) is 0.898. The lowest BCUT2D eigenvalue weighted by Gasteiger charge is -2.25.